The molecule has 4 rings (SSSR count). The van der Waals surface area contributed by atoms with Crippen molar-refractivity contribution in [2.45, 2.75) is 13.8 Å². The van der Waals surface area contributed by atoms with Gasteiger partial charge in [0.15, 0.2) is 5.65 Å². The van der Waals surface area contributed by atoms with Crippen LogP contribution in [0.1, 0.15) is 11.4 Å². The Bertz CT molecular complexity index is 819. The summed E-state index contributed by atoms with van der Waals surface area (Å²) in [6, 6.07) is 4.13. The second-order valence-corrected chi connectivity index (χ2v) is 5.85. The maximum absolute atomic E-state index is 4.58. The van der Waals surface area contributed by atoms with Crippen molar-refractivity contribution in [3.05, 3.63) is 42.1 Å². The highest BCUT2D eigenvalue weighted by Gasteiger charge is 2.21. The lowest BCUT2D eigenvalue weighted by Gasteiger charge is -2.36. The Balaban J connectivity index is 1.59. The van der Waals surface area contributed by atoms with Gasteiger partial charge in [0, 0.05) is 56.4 Å². The first-order valence-corrected chi connectivity index (χ1v) is 7.81. The molecule has 7 heteroatoms. The fourth-order valence-electron chi connectivity index (χ4n) is 3.04. The second-order valence-electron chi connectivity index (χ2n) is 5.85. The molecule has 0 saturated carbocycles. The third kappa shape index (κ3) is 2.58. The first-order chi connectivity index (χ1) is 11.2. The van der Waals surface area contributed by atoms with Crippen molar-refractivity contribution in [3.63, 3.8) is 0 Å². The van der Waals surface area contributed by atoms with Crippen molar-refractivity contribution in [3.8, 4) is 0 Å². The van der Waals surface area contributed by atoms with Crippen LogP contribution in [0.5, 0.6) is 0 Å². The smallest absolute Gasteiger partial charge is 0.157 e. The number of hydrogen-bond acceptors (Lipinski definition) is 6. The molecule has 4 heterocycles. The maximum Gasteiger partial charge on any atom is 0.157 e. The van der Waals surface area contributed by atoms with Gasteiger partial charge in [0.05, 0.1) is 11.9 Å². The van der Waals surface area contributed by atoms with Crippen LogP contribution in [0.4, 0.5) is 11.6 Å². The van der Waals surface area contributed by atoms with Gasteiger partial charge < -0.3 is 9.80 Å². The minimum atomic E-state index is 0.911. The van der Waals surface area contributed by atoms with Gasteiger partial charge in [-0.1, -0.05) is 0 Å². The number of piperazine rings is 1. The molecule has 1 aliphatic rings. The van der Waals surface area contributed by atoms with Gasteiger partial charge in [0.1, 0.15) is 11.6 Å². The average molecular weight is 309 g/mol. The Kier molecular flexibility index (Phi) is 3.33. The summed E-state index contributed by atoms with van der Waals surface area (Å²) in [5, 5.41) is 4.58. The largest absolute Gasteiger partial charge is 0.353 e. The molecule has 23 heavy (non-hydrogen) atoms. The zero-order valence-electron chi connectivity index (χ0n) is 13.3. The van der Waals surface area contributed by atoms with E-state index in [1.165, 1.54) is 0 Å². The number of rotatable bonds is 2. The summed E-state index contributed by atoms with van der Waals surface area (Å²) in [7, 11) is 0. The van der Waals surface area contributed by atoms with Crippen LogP contribution in [-0.4, -0.2) is 50.7 Å². The molecule has 7 nitrogen and oxygen atoms in total. The predicted octanol–water partition coefficient (Wildman–Crippen LogP) is 1.46. The topological polar surface area (TPSA) is 62.5 Å². The van der Waals surface area contributed by atoms with Crippen LogP contribution < -0.4 is 9.80 Å². The average Bonchev–Trinajstić information content (AvgIpc) is 2.95. The van der Waals surface area contributed by atoms with Gasteiger partial charge in [-0.2, -0.15) is 9.61 Å². The fourth-order valence-corrected chi connectivity index (χ4v) is 3.04. The van der Waals surface area contributed by atoms with Crippen molar-refractivity contribution < 1.29 is 0 Å². The Morgan fingerprint density at radius 1 is 0.913 bits per heavy atom. The van der Waals surface area contributed by atoms with E-state index in [9.17, 15) is 0 Å². The molecular formula is C16H19N7. The van der Waals surface area contributed by atoms with E-state index >= 15 is 0 Å². The van der Waals surface area contributed by atoms with E-state index in [-0.39, 0.29) is 0 Å². The van der Waals surface area contributed by atoms with Crippen LogP contribution in [0.3, 0.4) is 0 Å². The number of aromatic nitrogens is 5. The van der Waals surface area contributed by atoms with Crippen molar-refractivity contribution in [1.29, 1.82) is 0 Å². The van der Waals surface area contributed by atoms with Gasteiger partial charge in [0.2, 0.25) is 0 Å². The molecule has 0 unspecified atom stereocenters. The summed E-state index contributed by atoms with van der Waals surface area (Å²) in [5.74, 6) is 2.05. The minimum absolute atomic E-state index is 0.911. The number of aryl methyl sites for hydroxylation is 2. The number of anilines is 2. The lowest BCUT2D eigenvalue weighted by Crippen LogP contribution is -2.47. The monoisotopic (exact) mass is 309 g/mol. The summed E-state index contributed by atoms with van der Waals surface area (Å²) < 4.78 is 1.94. The molecule has 1 saturated heterocycles. The highest BCUT2D eigenvalue weighted by atomic mass is 15.4. The van der Waals surface area contributed by atoms with E-state index in [0.717, 1.165) is 54.8 Å². The summed E-state index contributed by atoms with van der Waals surface area (Å²) in [4.78, 5) is 17.7. The summed E-state index contributed by atoms with van der Waals surface area (Å²) in [5.41, 5.74) is 2.92. The molecule has 3 aromatic rings. The number of hydrogen-bond donors (Lipinski definition) is 0. The van der Waals surface area contributed by atoms with Crippen molar-refractivity contribution >= 4 is 17.3 Å². The van der Waals surface area contributed by atoms with Crippen LogP contribution in [-0.2, 0) is 0 Å². The van der Waals surface area contributed by atoms with Gasteiger partial charge in [-0.25, -0.2) is 9.97 Å². The number of nitrogens with zero attached hydrogens (tertiary/aromatic N) is 7. The molecule has 1 fully saturated rings. The van der Waals surface area contributed by atoms with Crippen LogP contribution in [0, 0.1) is 13.8 Å². The quantitative estimate of drug-likeness (QED) is 0.714. The SMILES string of the molecule is Cc1cc(N2CCN(c3cnccn3)CC2)n2nc(C)cc2n1. The normalized spacial score (nSPS) is 15.4. The first kappa shape index (κ1) is 13.9. The van der Waals surface area contributed by atoms with Gasteiger partial charge in [0.25, 0.3) is 0 Å². The summed E-state index contributed by atoms with van der Waals surface area (Å²) >= 11 is 0. The fraction of sp³-hybridized carbons (Fsp3) is 0.375. The molecular weight excluding hydrogens is 290 g/mol. The van der Waals surface area contributed by atoms with E-state index in [2.05, 4.69) is 35.9 Å². The molecule has 0 aliphatic carbocycles. The Morgan fingerprint density at radius 2 is 1.70 bits per heavy atom. The standard InChI is InChI=1S/C16H19N7/c1-12-10-16(23-14(19-12)9-13(2)20-23)22-7-5-21(6-8-22)15-11-17-3-4-18-15/h3-4,9-11H,5-8H2,1-2H3. The van der Waals surface area contributed by atoms with Crippen molar-refractivity contribution in [2.24, 2.45) is 0 Å². The van der Waals surface area contributed by atoms with Crippen LogP contribution >= 0.6 is 0 Å². The first-order valence-electron chi connectivity index (χ1n) is 7.81. The van der Waals surface area contributed by atoms with E-state index in [1.54, 1.807) is 12.4 Å². The third-order valence-electron chi connectivity index (χ3n) is 4.14. The molecule has 0 spiro atoms. The number of fused-ring (bicyclic) bond motifs is 1. The molecule has 0 N–H and O–H groups in total. The van der Waals surface area contributed by atoms with E-state index in [0.29, 0.717) is 0 Å². The Labute approximate surface area is 134 Å². The van der Waals surface area contributed by atoms with Gasteiger partial charge in [-0.05, 0) is 13.8 Å². The van der Waals surface area contributed by atoms with Crippen molar-refractivity contribution in [1.82, 2.24) is 24.6 Å². The summed E-state index contributed by atoms with van der Waals surface area (Å²) in [6.07, 6.45) is 5.27. The second kappa shape index (κ2) is 5.49. The predicted molar refractivity (Wildman–Crippen MR) is 88.9 cm³/mol. The highest BCUT2D eigenvalue weighted by molar-refractivity contribution is 5.53. The minimum Gasteiger partial charge on any atom is -0.353 e. The van der Waals surface area contributed by atoms with E-state index in [4.69, 9.17) is 0 Å². The molecule has 0 aromatic carbocycles. The molecule has 118 valence electrons. The van der Waals surface area contributed by atoms with E-state index in [1.807, 2.05) is 30.6 Å². The maximum atomic E-state index is 4.58. The van der Waals surface area contributed by atoms with Gasteiger partial charge >= 0.3 is 0 Å². The zero-order valence-corrected chi connectivity index (χ0v) is 13.3. The van der Waals surface area contributed by atoms with Crippen LogP contribution in [0.2, 0.25) is 0 Å². The Hall–Kier alpha value is -2.70. The van der Waals surface area contributed by atoms with Crippen LogP contribution in [0.15, 0.2) is 30.7 Å². The molecule has 3 aromatic heterocycles. The third-order valence-corrected chi connectivity index (χ3v) is 4.14. The lowest BCUT2D eigenvalue weighted by molar-refractivity contribution is 0.632. The lowest BCUT2D eigenvalue weighted by atomic mass is 10.3. The Morgan fingerprint density at radius 3 is 2.43 bits per heavy atom. The van der Waals surface area contributed by atoms with Crippen molar-refractivity contribution in [2.75, 3.05) is 36.0 Å². The van der Waals surface area contributed by atoms with Crippen LogP contribution in [0.25, 0.3) is 5.65 Å². The zero-order chi connectivity index (χ0) is 15.8. The molecule has 1 aliphatic heterocycles. The molecule has 0 bridgehead atoms. The molecule has 0 atom stereocenters. The van der Waals surface area contributed by atoms with Gasteiger partial charge in [-0.15, -0.1) is 0 Å². The highest BCUT2D eigenvalue weighted by Crippen LogP contribution is 2.21. The molecule has 0 radical (unpaired) electrons. The van der Waals surface area contributed by atoms with Gasteiger partial charge in [-0.3, -0.25) is 4.98 Å². The molecule has 0 amide bonds. The summed E-state index contributed by atoms with van der Waals surface area (Å²) in [6.45, 7) is 7.72. The van der Waals surface area contributed by atoms with E-state index < -0.39 is 0 Å².